The lowest BCUT2D eigenvalue weighted by Gasteiger charge is -2.07. The zero-order valence-corrected chi connectivity index (χ0v) is 14.2. The van der Waals surface area contributed by atoms with Crippen LogP contribution in [0.4, 0.5) is 11.1 Å². The normalized spacial score (nSPS) is 10.2. The van der Waals surface area contributed by atoms with Crippen molar-refractivity contribution in [3.05, 3.63) is 59.9 Å². The van der Waals surface area contributed by atoms with Gasteiger partial charge in [-0.25, -0.2) is 15.0 Å². The summed E-state index contributed by atoms with van der Waals surface area (Å²) < 4.78 is 5.52. The van der Waals surface area contributed by atoms with Crippen molar-refractivity contribution >= 4 is 28.3 Å². The fourth-order valence-corrected chi connectivity index (χ4v) is 2.71. The first-order valence-corrected chi connectivity index (χ1v) is 8.60. The van der Waals surface area contributed by atoms with Gasteiger partial charge in [0.15, 0.2) is 5.13 Å². The highest BCUT2D eigenvalue weighted by molar-refractivity contribution is 7.13. The molecular formula is C17H17N5O2S. The van der Waals surface area contributed by atoms with Crippen LogP contribution in [0.2, 0.25) is 0 Å². The van der Waals surface area contributed by atoms with Gasteiger partial charge in [-0.1, -0.05) is 18.2 Å². The SMILES string of the molecule is O=C(Cc1csc(Nc2ncccn2)n1)NCCOc1ccccc1. The average molecular weight is 355 g/mol. The molecule has 0 fully saturated rings. The predicted molar refractivity (Wildman–Crippen MR) is 96.1 cm³/mol. The van der Waals surface area contributed by atoms with Crippen LogP contribution in [0, 0.1) is 0 Å². The number of para-hydroxylation sites is 1. The molecule has 0 radical (unpaired) electrons. The summed E-state index contributed by atoms with van der Waals surface area (Å²) in [7, 11) is 0. The van der Waals surface area contributed by atoms with Crippen LogP contribution in [0.1, 0.15) is 5.69 Å². The van der Waals surface area contributed by atoms with Crippen molar-refractivity contribution in [1.82, 2.24) is 20.3 Å². The molecular weight excluding hydrogens is 338 g/mol. The lowest BCUT2D eigenvalue weighted by molar-refractivity contribution is -0.120. The molecule has 2 aromatic heterocycles. The predicted octanol–water partition coefficient (Wildman–Crippen LogP) is 2.41. The highest BCUT2D eigenvalue weighted by atomic mass is 32.1. The Labute approximate surface area is 149 Å². The van der Waals surface area contributed by atoms with Crippen molar-refractivity contribution in [2.75, 3.05) is 18.5 Å². The highest BCUT2D eigenvalue weighted by Gasteiger charge is 2.08. The third kappa shape index (κ3) is 5.54. The molecule has 3 aromatic rings. The molecule has 128 valence electrons. The summed E-state index contributed by atoms with van der Waals surface area (Å²) in [6, 6.07) is 11.2. The molecule has 7 nitrogen and oxygen atoms in total. The first kappa shape index (κ1) is 16.8. The monoisotopic (exact) mass is 355 g/mol. The van der Waals surface area contributed by atoms with Gasteiger partial charge in [0, 0.05) is 17.8 Å². The maximum absolute atomic E-state index is 11.9. The number of thiazole rings is 1. The van der Waals surface area contributed by atoms with Crippen LogP contribution in [-0.2, 0) is 11.2 Å². The van der Waals surface area contributed by atoms with E-state index in [1.165, 1.54) is 11.3 Å². The van der Waals surface area contributed by atoms with Crippen molar-refractivity contribution in [2.24, 2.45) is 0 Å². The second-order valence-electron chi connectivity index (χ2n) is 5.03. The Morgan fingerprint density at radius 2 is 1.92 bits per heavy atom. The van der Waals surface area contributed by atoms with Crippen LogP contribution in [-0.4, -0.2) is 34.0 Å². The summed E-state index contributed by atoms with van der Waals surface area (Å²) >= 11 is 1.41. The van der Waals surface area contributed by atoms with E-state index in [2.05, 4.69) is 25.6 Å². The first-order chi connectivity index (χ1) is 12.3. The van der Waals surface area contributed by atoms with Gasteiger partial charge < -0.3 is 15.4 Å². The quantitative estimate of drug-likeness (QED) is 0.603. The lowest BCUT2D eigenvalue weighted by Crippen LogP contribution is -2.29. The molecule has 8 heteroatoms. The fourth-order valence-electron chi connectivity index (χ4n) is 2.01. The van der Waals surface area contributed by atoms with Gasteiger partial charge in [0.2, 0.25) is 11.9 Å². The number of carbonyl (C=O) groups excluding carboxylic acids is 1. The van der Waals surface area contributed by atoms with Gasteiger partial charge in [-0.2, -0.15) is 0 Å². The Bertz CT molecular complexity index is 795. The molecule has 0 saturated heterocycles. The number of carbonyl (C=O) groups is 1. The van der Waals surface area contributed by atoms with Crippen LogP contribution >= 0.6 is 11.3 Å². The van der Waals surface area contributed by atoms with Gasteiger partial charge in [0.05, 0.1) is 18.7 Å². The maximum Gasteiger partial charge on any atom is 0.228 e. The number of anilines is 2. The summed E-state index contributed by atoms with van der Waals surface area (Å²) in [6.07, 6.45) is 3.52. The standard InChI is InChI=1S/C17H17N5O2S/c23-15(18-9-10-24-14-5-2-1-3-6-14)11-13-12-25-17(21-13)22-16-19-7-4-8-20-16/h1-8,12H,9-11H2,(H,18,23)(H,19,20,21,22). The molecule has 0 spiro atoms. The van der Waals surface area contributed by atoms with Crippen LogP contribution < -0.4 is 15.4 Å². The fraction of sp³-hybridized carbons (Fsp3) is 0.176. The minimum atomic E-state index is -0.0931. The Kier molecular flexibility index (Phi) is 5.89. The van der Waals surface area contributed by atoms with Gasteiger partial charge in [-0.05, 0) is 18.2 Å². The second-order valence-corrected chi connectivity index (χ2v) is 5.89. The molecule has 0 aliphatic carbocycles. The first-order valence-electron chi connectivity index (χ1n) is 7.72. The van der Waals surface area contributed by atoms with Crippen molar-refractivity contribution in [1.29, 1.82) is 0 Å². The van der Waals surface area contributed by atoms with Crippen molar-refractivity contribution in [3.8, 4) is 5.75 Å². The Morgan fingerprint density at radius 1 is 1.12 bits per heavy atom. The highest BCUT2D eigenvalue weighted by Crippen LogP contribution is 2.18. The van der Waals surface area contributed by atoms with E-state index in [0.29, 0.717) is 29.9 Å². The number of ether oxygens (including phenoxy) is 1. The Balaban J connectivity index is 1.39. The summed E-state index contributed by atoms with van der Waals surface area (Å²) in [4.78, 5) is 24.4. The zero-order valence-electron chi connectivity index (χ0n) is 13.4. The minimum absolute atomic E-state index is 0.0931. The molecule has 0 aliphatic heterocycles. The maximum atomic E-state index is 11.9. The van der Waals surface area contributed by atoms with Crippen molar-refractivity contribution in [2.45, 2.75) is 6.42 Å². The smallest absolute Gasteiger partial charge is 0.228 e. The second kappa shape index (κ2) is 8.74. The van der Waals surface area contributed by atoms with E-state index in [1.807, 2.05) is 35.7 Å². The average Bonchev–Trinajstić information content (AvgIpc) is 3.07. The van der Waals surface area contributed by atoms with Gasteiger partial charge >= 0.3 is 0 Å². The number of benzene rings is 1. The number of nitrogens with one attached hydrogen (secondary N) is 2. The molecule has 0 unspecified atom stereocenters. The summed E-state index contributed by atoms with van der Waals surface area (Å²) in [5.74, 6) is 1.17. The van der Waals surface area contributed by atoms with Gasteiger partial charge in [0.25, 0.3) is 0 Å². The largest absolute Gasteiger partial charge is 0.492 e. The molecule has 1 aromatic carbocycles. The lowest BCUT2D eigenvalue weighted by atomic mass is 10.3. The molecule has 3 rings (SSSR count). The van der Waals surface area contributed by atoms with Crippen molar-refractivity contribution < 1.29 is 9.53 Å². The third-order valence-electron chi connectivity index (χ3n) is 3.11. The van der Waals surface area contributed by atoms with E-state index in [0.717, 1.165) is 5.75 Å². The number of amides is 1. The van der Waals surface area contributed by atoms with Gasteiger partial charge in [0.1, 0.15) is 12.4 Å². The van der Waals surface area contributed by atoms with Crippen LogP contribution in [0.5, 0.6) is 5.75 Å². The number of rotatable bonds is 8. The van der Waals surface area contributed by atoms with Crippen molar-refractivity contribution in [3.63, 3.8) is 0 Å². The number of hydrogen-bond donors (Lipinski definition) is 2. The van der Waals surface area contributed by atoms with E-state index < -0.39 is 0 Å². The summed E-state index contributed by atoms with van der Waals surface area (Å²) in [6.45, 7) is 0.867. The molecule has 0 aliphatic rings. The van der Waals surface area contributed by atoms with Gasteiger partial charge in [-0.15, -0.1) is 11.3 Å². The summed E-state index contributed by atoms with van der Waals surface area (Å²) in [5, 5.41) is 8.31. The van der Waals surface area contributed by atoms with Crippen LogP contribution in [0.15, 0.2) is 54.2 Å². The van der Waals surface area contributed by atoms with Crippen LogP contribution in [0.3, 0.4) is 0 Å². The Morgan fingerprint density at radius 3 is 2.72 bits per heavy atom. The summed E-state index contributed by atoms with van der Waals surface area (Å²) in [5.41, 5.74) is 0.699. The molecule has 0 saturated carbocycles. The van der Waals surface area contributed by atoms with E-state index in [9.17, 15) is 4.79 Å². The van der Waals surface area contributed by atoms with E-state index >= 15 is 0 Å². The molecule has 0 bridgehead atoms. The third-order valence-corrected chi connectivity index (χ3v) is 3.92. The molecule has 25 heavy (non-hydrogen) atoms. The molecule has 2 heterocycles. The number of hydrogen-bond acceptors (Lipinski definition) is 7. The number of aromatic nitrogens is 3. The van der Waals surface area contributed by atoms with E-state index in [-0.39, 0.29) is 12.3 Å². The molecule has 1 amide bonds. The Hall–Kier alpha value is -3.00. The zero-order chi connectivity index (χ0) is 17.3. The topological polar surface area (TPSA) is 89.0 Å². The van der Waals surface area contributed by atoms with Crippen LogP contribution in [0.25, 0.3) is 0 Å². The molecule has 0 atom stereocenters. The van der Waals surface area contributed by atoms with E-state index in [1.54, 1.807) is 18.5 Å². The van der Waals surface area contributed by atoms with Gasteiger partial charge in [-0.3, -0.25) is 4.79 Å². The van der Waals surface area contributed by atoms with E-state index in [4.69, 9.17) is 4.74 Å². The number of nitrogens with zero attached hydrogens (tertiary/aromatic N) is 3. The molecule has 2 N–H and O–H groups in total. The minimum Gasteiger partial charge on any atom is -0.492 e.